The summed E-state index contributed by atoms with van der Waals surface area (Å²) in [6.07, 6.45) is -0.222. The number of carbonyl (C=O) groups excluding carboxylic acids is 1. The third kappa shape index (κ3) is 4.45. The van der Waals surface area contributed by atoms with Crippen LogP contribution in [0.4, 0.5) is 0 Å². The summed E-state index contributed by atoms with van der Waals surface area (Å²) in [7, 11) is 0. The van der Waals surface area contributed by atoms with E-state index >= 15 is 0 Å². The lowest BCUT2D eigenvalue weighted by Crippen LogP contribution is -2.41. The zero-order chi connectivity index (χ0) is 19.3. The Morgan fingerprint density at radius 3 is 2.89 bits per heavy atom. The zero-order valence-electron chi connectivity index (χ0n) is 15.3. The molecule has 0 saturated carbocycles. The van der Waals surface area contributed by atoms with E-state index in [1.165, 1.54) is 11.8 Å². The lowest BCUT2D eigenvalue weighted by atomic mass is 10.1. The molecule has 7 nitrogen and oxygen atoms in total. The second-order valence-electron chi connectivity index (χ2n) is 6.33. The van der Waals surface area contributed by atoms with Gasteiger partial charge < -0.3 is 19.2 Å². The number of amides is 1. The van der Waals surface area contributed by atoms with Crippen LogP contribution in [0, 0.1) is 6.92 Å². The molecule has 0 spiro atoms. The van der Waals surface area contributed by atoms with Crippen LogP contribution in [0.2, 0.25) is 0 Å². The summed E-state index contributed by atoms with van der Waals surface area (Å²) in [5.74, 6) is 1.90. The summed E-state index contributed by atoms with van der Waals surface area (Å²) in [5, 5.41) is 11.2. The number of aromatic nitrogens is 2. The van der Waals surface area contributed by atoms with Crippen LogP contribution in [0.25, 0.3) is 11.5 Å². The van der Waals surface area contributed by atoms with Gasteiger partial charge in [0, 0.05) is 5.56 Å². The molecule has 1 aliphatic heterocycles. The third-order valence-corrected chi connectivity index (χ3v) is 4.91. The summed E-state index contributed by atoms with van der Waals surface area (Å²) < 4.78 is 17.1. The first kappa shape index (κ1) is 18.4. The quantitative estimate of drug-likeness (QED) is 0.640. The fourth-order valence-electron chi connectivity index (χ4n) is 2.73. The van der Waals surface area contributed by atoms with Gasteiger partial charge in [-0.25, -0.2) is 0 Å². The van der Waals surface area contributed by atoms with Gasteiger partial charge in [-0.05, 0) is 31.2 Å². The van der Waals surface area contributed by atoms with Crippen LogP contribution in [-0.2, 0) is 4.79 Å². The van der Waals surface area contributed by atoms with E-state index < -0.39 is 0 Å². The maximum absolute atomic E-state index is 12.1. The van der Waals surface area contributed by atoms with Crippen LogP contribution in [0.1, 0.15) is 5.56 Å². The van der Waals surface area contributed by atoms with Gasteiger partial charge in [-0.15, -0.1) is 10.2 Å². The van der Waals surface area contributed by atoms with Crippen LogP contribution in [-0.4, -0.2) is 41.1 Å². The number of rotatable bonds is 6. The smallest absolute Gasteiger partial charge is 0.277 e. The number of nitrogens with one attached hydrogen (secondary N) is 1. The molecule has 1 N–H and O–H groups in total. The molecule has 8 heteroatoms. The number of ether oxygens (including phenoxy) is 2. The highest BCUT2D eigenvalue weighted by molar-refractivity contribution is 7.99. The number of carbonyl (C=O) groups is 1. The molecule has 4 rings (SSSR count). The van der Waals surface area contributed by atoms with Gasteiger partial charge in [0.25, 0.3) is 5.22 Å². The molecule has 0 unspecified atom stereocenters. The molecule has 1 amide bonds. The fourth-order valence-corrected chi connectivity index (χ4v) is 3.33. The van der Waals surface area contributed by atoms with Gasteiger partial charge in [-0.3, -0.25) is 4.79 Å². The summed E-state index contributed by atoms with van der Waals surface area (Å²) in [4.78, 5) is 12.1. The first-order valence-electron chi connectivity index (χ1n) is 8.86. The molecule has 144 valence electrons. The van der Waals surface area contributed by atoms with Crippen LogP contribution in [0.5, 0.6) is 11.5 Å². The van der Waals surface area contributed by atoms with Crippen molar-refractivity contribution in [3.8, 4) is 23.0 Å². The third-order valence-electron chi connectivity index (χ3n) is 4.09. The number of nitrogens with zero attached hydrogens (tertiary/aromatic N) is 2. The van der Waals surface area contributed by atoms with Gasteiger partial charge in [-0.2, -0.15) is 0 Å². The van der Waals surface area contributed by atoms with Crippen LogP contribution >= 0.6 is 11.8 Å². The van der Waals surface area contributed by atoms with Gasteiger partial charge in [0.2, 0.25) is 11.8 Å². The second kappa shape index (κ2) is 8.35. The molecule has 2 aromatic carbocycles. The number of aryl methyl sites for hydroxylation is 1. The molecule has 1 aliphatic rings. The SMILES string of the molecule is Cc1cccc(-c2nnc(SCC(=O)NC[C@@H]3COc4ccccc4O3)o2)c1. The highest BCUT2D eigenvalue weighted by Crippen LogP contribution is 2.30. The Bertz CT molecular complexity index is 975. The zero-order valence-corrected chi connectivity index (χ0v) is 16.1. The Hall–Kier alpha value is -3.00. The van der Waals surface area contributed by atoms with Crippen molar-refractivity contribution in [2.75, 3.05) is 18.9 Å². The number of thioether (sulfide) groups is 1. The van der Waals surface area contributed by atoms with Crippen LogP contribution in [0.3, 0.4) is 0 Å². The highest BCUT2D eigenvalue weighted by atomic mass is 32.2. The average Bonchev–Trinajstić information content (AvgIpc) is 3.20. The van der Waals surface area contributed by atoms with E-state index in [9.17, 15) is 4.79 Å². The van der Waals surface area contributed by atoms with E-state index in [1.807, 2.05) is 55.5 Å². The molecular weight excluding hydrogens is 378 g/mol. The summed E-state index contributed by atoms with van der Waals surface area (Å²) >= 11 is 1.20. The summed E-state index contributed by atoms with van der Waals surface area (Å²) in [6.45, 7) is 2.76. The van der Waals surface area contributed by atoms with Crippen LogP contribution in [0.15, 0.2) is 58.2 Å². The predicted molar refractivity (Wildman–Crippen MR) is 105 cm³/mol. The molecule has 0 radical (unpaired) electrons. The second-order valence-corrected chi connectivity index (χ2v) is 7.26. The van der Waals surface area contributed by atoms with Crippen molar-refractivity contribution in [1.29, 1.82) is 0 Å². The van der Waals surface area contributed by atoms with Gasteiger partial charge in [0.05, 0.1) is 12.3 Å². The van der Waals surface area contributed by atoms with Crippen LogP contribution < -0.4 is 14.8 Å². The monoisotopic (exact) mass is 397 g/mol. The van der Waals surface area contributed by atoms with E-state index in [-0.39, 0.29) is 17.8 Å². The number of fused-ring (bicyclic) bond motifs is 1. The maximum Gasteiger partial charge on any atom is 0.277 e. The molecule has 0 saturated heterocycles. The summed E-state index contributed by atoms with van der Waals surface area (Å²) in [5.41, 5.74) is 1.97. The minimum absolute atomic E-state index is 0.136. The Balaban J connectivity index is 1.24. The number of benzene rings is 2. The van der Waals surface area contributed by atoms with Crippen molar-refractivity contribution in [2.24, 2.45) is 0 Å². The number of para-hydroxylation sites is 2. The largest absolute Gasteiger partial charge is 0.486 e. The first-order chi connectivity index (χ1) is 13.7. The standard InChI is InChI=1S/C20H19N3O4S/c1-13-5-4-6-14(9-13)19-22-23-20(27-19)28-12-18(24)21-10-15-11-25-16-7-2-3-8-17(16)26-15/h2-9,15H,10-12H2,1H3,(H,21,24)/t15-/m1/s1. The number of hydrogen-bond donors (Lipinski definition) is 1. The Morgan fingerprint density at radius 1 is 1.18 bits per heavy atom. The van der Waals surface area contributed by atoms with Gasteiger partial charge in [0.15, 0.2) is 11.5 Å². The lowest BCUT2D eigenvalue weighted by Gasteiger charge is -2.26. The molecule has 1 aromatic heterocycles. The Kier molecular flexibility index (Phi) is 5.48. The van der Waals surface area contributed by atoms with Crippen molar-refractivity contribution in [2.45, 2.75) is 18.3 Å². The van der Waals surface area contributed by atoms with Gasteiger partial charge >= 0.3 is 0 Å². The average molecular weight is 397 g/mol. The first-order valence-corrected chi connectivity index (χ1v) is 9.84. The van der Waals surface area contributed by atoms with E-state index in [1.54, 1.807) is 0 Å². The van der Waals surface area contributed by atoms with Gasteiger partial charge in [-0.1, -0.05) is 41.6 Å². The number of hydrogen-bond acceptors (Lipinski definition) is 7. The van der Waals surface area contributed by atoms with Crippen molar-refractivity contribution >= 4 is 17.7 Å². The summed E-state index contributed by atoms with van der Waals surface area (Å²) in [6, 6.07) is 15.3. The lowest BCUT2D eigenvalue weighted by molar-refractivity contribution is -0.119. The topological polar surface area (TPSA) is 86.5 Å². The van der Waals surface area contributed by atoms with E-state index in [2.05, 4.69) is 15.5 Å². The minimum atomic E-state index is -0.222. The molecule has 0 bridgehead atoms. The van der Waals surface area contributed by atoms with E-state index in [4.69, 9.17) is 13.9 Å². The van der Waals surface area contributed by atoms with Crippen molar-refractivity contribution in [3.63, 3.8) is 0 Å². The van der Waals surface area contributed by atoms with Crippen molar-refractivity contribution < 1.29 is 18.7 Å². The Labute approximate surface area is 166 Å². The maximum atomic E-state index is 12.1. The fraction of sp³-hybridized carbons (Fsp3) is 0.250. The molecule has 3 aromatic rings. The molecule has 0 aliphatic carbocycles. The molecule has 0 fully saturated rings. The molecular formula is C20H19N3O4S. The normalized spacial score (nSPS) is 15.2. The highest BCUT2D eigenvalue weighted by Gasteiger charge is 2.21. The van der Waals surface area contributed by atoms with E-state index in [0.29, 0.717) is 30.0 Å². The van der Waals surface area contributed by atoms with E-state index in [0.717, 1.165) is 16.9 Å². The molecule has 1 atom stereocenters. The Morgan fingerprint density at radius 2 is 2.04 bits per heavy atom. The predicted octanol–water partition coefficient (Wildman–Crippen LogP) is 3.09. The molecule has 28 heavy (non-hydrogen) atoms. The van der Waals surface area contributed by atoms with Gasteiger partial charge in [0.1, 0.15) is 12.7 Å². The minimum Gasteiger partial charge on any atom is -0.486 e. The van der Waals surface area contributed by atoms with Crippen molar-refractivity contribution in [3.05, 3.63) is 54.1 Å². The molecule has 2 heterocycles. The van der Waals surface area contributed by atoms with Crippen molar-refractivity contribution in [1.82, 2.24) is 15.5 Å².